The molecule has 2 aromatic heterocycles. The second-order valence-corrected chi connectivity index (χ2v) is 6.99. The Bertz CT molecular complexity index is 761. The van der Waals surface area contributed by atoms with E-state index in [0.29, 0.717) is 12.2 Å². The molecule has 0 aromatic carbocycles. The summed E-state index contributed by atoms with van der Waals surface area (Å²) < 4.78 is 0. The Hall–Kier alpha value is -2.02. The van der Waals surface area contributed by atoms with E-state index in [9.17, 15) is 9.59 Å². The van der Waals surface area contributed by atoms with E-state index in [-0.39, 0.29) is 23.4 Å². The van der Waals surface area contributed by atoms with Gasteiger partial charge in [-0.2, -0.15) is 0 Å². The lowest BCUT2D eigenvalue weighted by Crippen LogP contribution is -2.43. The quantitative estimate of drug-likeness (QED) is 0.874. The summed E-state index contributed by atoms with van der Waals surface area (Å²) in [6.45, 7) is 3.75. The van der Waals surface area contributed by atoms with E-state index in [4.69, 9.17) is 0 Å². The number of hydrogen-bond acceptors (Lipinski definition) is 5. The largest absolute Gasteiger partial charge is 0.353 e. The summed E-state index contributed by atoms with van der Waals surface area (Å²) in [7, 11) is 0. The standard InChI is InChI=1S/C16H20N4O2S/c1-9-14(23-8-17-9)3-4-15(21)20-12-5-11(6-12)13-7-16(22)19-10(2)18-13/h7-8,11-12H,3-6H2,1-2H3,(H,20,21)(H,18,19,22). The number of aromatic amines is 1. The number of H-pyrrole nitrogens is 1. The van der Waals surface area contributed by atoms with Crippen molar-refractivity contribution >= 4 is 17.2 Å². The van der Waals surface area contributed by atoms with Crippen LogP contribution in [0.4, 0.5) is 0 Å². The van der Waals surface area contributed by atoms with Crippen molar-refractivity contribution in [2.75, 3.05) is 0 Å². The van der Waals surface area contributed by atoms with Gasteiger partial charge in [-0.15, -0.1) is 11.3 Å². The average molecular weight is 332 g/mol. The van der Waals surface area contributed by atoms with Crippen molar-refractivity contribution < 1.29 is 4.79 Å². The zero-order valence-corrected chi connectivity index (χ0v) is 14.1. The highest BCUT2D eigenvalue weighted by atomic mass is 32.1. The molecule has 0 radical (unpaired) electrons. The Morgan fingerprint density at radius 2 is 2.22 bits per heavy atom. The van der Waals surface area contributed by atoms with Crippen LogP contribution in [0.2, 0.25) is 0 Å². The third-order valence-electron chi connectivity index (χ3n) is 4.23. The molecule has 1 aliphatic carbocycles. The summed E-state index contributed by atoms with van der Waals surface area (Å²) in [5.41, 5.74) is 3.55. The molecule has 0 spiro atoms. The van der Waals surface area contributed by atoms with Gasteiger partial charge in [0.2, 0.25) is 5.91 Å². The fourth-order valence-corrected chi connectivity index (χ4v) is 3.66. The number of hydrogen-bond donors (Lipinski definition) is 2. The lowest BCUT2D eigenvalue weighted by molar-refractivity contribution is -0.122. The first kappa shape index (κ1) is 15.9. The molecule has 23 heavy (non-hydrogen) atoms. The summed E-state index contributed by atoms with van der Waals surface area (Å²) in [6, 6.07) is 1.75. The van der Waals surface area contributed by atoms with Crippen LogP contribution in [0, 0.1) is 13.8 Å². The van der Waals surface area contributed by atoms with E-state index >= 15 is 0 Å². The molecule has 6 nitrogen and oxygen atoms in total. The van der Waals surface area contributed by atoms with Crippen LogP contribution in [-0.4, -0.2) is 26.9 Å². The van der Waals surface area contributed by atoms with Crippen molar-refractivity contribution in [1.82, 2.24) is 20.3 Å². The van der Waals surface area contributed by atoms with Crippen LogP contribution in [0.15, 0.2) is 16.4 Å². The zero-order chi connectivity index (χ0) is 16.4. The number of aromatic nitrogens is 3. The monoisotopic (exact) mass is 332 g/mol. The zero-order valence-electron chi connectivity index (χ0n) is 13.3. The van der Waals surface area contributed by atoms with Crippen LogP contribution in [0.5, 0.6) is 0 Å². The van der Waals surface area contributed by atoms with E-state index in [0.717, 1.165) is 30.7 Å². The highest BCUT2D eigenvalue weighted by Crippen LogP contribution is 2.35. The molecule has 122 valence electrons. The van der Waals surface area contributed by atoms with Crippen molar-refractivity contribution in [3.05, 3.63) is 44.0 Å². The number of nitrogens with zero attached hydrogens (tertiary/aromatic N) is 2. The molecule has 0 bridgehead atoms. The van der Waals surface area contributed by atoms with Gasteiger partial charge in [-0.25, -0.2) is 9.97 Å². The van der Waals surface area contributed by atoms with Gasteiger partial charge in [0.1, 0.15) is 5.82 Å². The van der Waals surface area contributed by atoms with E-state index in [2.05, 4.69) is 20.3 Å². The van der Waals surface area contributed by atoms with Gasteiger partial charge in [0.05, 0.1) is 16.9 Å². The van der Waals surface area contributed by atoms with Crippen molar-refractivity contribution in [3.63, 3.8) is 0 Å². The van der Waals surface area contributed by atoms with Crippen molar-refractivity contribution in [1.29, 1.82) is 0 Å². The molecular formula is C16H20N4O2S. The van der Waals surface area contributed by atoms with E-state index in [1.165, 1.54) is 4.88 Å². The third-order valence-corrected chi connectivity index (χ3v) is 5.22. The maximum absolute atomic E-state index is 12.0. The van der Waals surface area contributed by atoms with Gasteiger partial charge in [-0.1, -0.05) is 0 Å². The normalized spacial score (nSPS) is 20.1. The first-order valence-corrected chi connectivity index (χ1v) is 8.65. The van der Waals surface area contributed by atoms with Crippen LogP contribution >= 0.6 is 11.3 Å². The van der Waals surface area contributed by atoms with Gasteiger partial charge in [0.15, 0.2) is 0 Å². The fourth-order valence-electron chi connectivity index (χ4n) is 2.88. The number of carbonyl (C=O) groups is 1. The van der Waals surface area contributed by atoms with E-state index < -0.39 is 0 Å². The maximum atomic E-state index is 12.0. The second kappa shape index (κ2) is 6.62. The average Bonchev–Trinajstić information content (AvgIpc) is 2.84. The fraction of sp³-hybridized carbons (Fsp3) is 0.500. The molecule has 0 saturated heterocycles. The summed E-state index contributed by atoms with van der Waals surface area (Å²) >= 11 is 1.60. The topological polar surface area (TPSA) is 87.7 Å². The molecule has 1 amide bonds. The third kappa shape index (κ3) is 3.85. The Kier molecular flexibility index (Phi) is 4.56. The van der Waals surface area contributed by atoms with Gasteiger partial charge >= 0.3 is 0 Å². The summed E-state index contributed by atoms with van der Waals surface area (Å²) in [5.74, 6) is 0.987. The molecule has 0 aliphatic heterocycles. The van der Waals surface area contributed by atoms with Crippen molar-refractivity contribution in [3.8, 4) is 0 Å². The van der Waals surface area contributed by atoms with Crippen LogP contribution < -0.4 is 10.9 Å². The molecule has 0 atom stereocenters. The first-order valence-electron chi connectivity index (χ1n) is 7.77. The minimum Gasteiger partial charge on any atom is -0.353 e. The number of aryl methyl sites for hydroxylation is 3. The Labute approximate surface area is 138 Å². The lowest BCUT2D eigenvalue weighted by atomic mass is 9.78. The molecule has 1 aliphatic rings. The summed E-state index contributed by atoms with van der Waals surface area (Å²) in [4.78, 5) is 35.9. The van der Waals surface area contributed by atoms with Gasteiger partial charge in [-0.05, 0) is 33.1 Å². The van der Waals surface area contributed by atoms with Crippen LogP contribution in [0.1, 0.15) is 47.3 Å². The SMILES string of the molecule is Cc1nc(C2CC(NC(=O)CCc3scnc3C)C2)cc(=O)[nH]1. The molecule has 2 N–H and O–H groups in total. The molecule has 2 aromatic rings. The predicted octanol–water partition coefficient (Wildman–Crippen LogP) is 1.84. The smallest absolute Gasteiger partial charge is 0.251 e. The minimum atomic E-state index is -0.111. The Morgan fingerprint density at radius 3 is 2.87 bits per heavy atom. The molecule has 2 heterocycles. The highest BCUT2D eigenvalue weighted by molar-refractivity contribution is 7.09. The number of carbonyl (C=O) groups excluding carboxylic acids is 1. The van der Waals surface area contributed by atoms with Crippen molar-refractivity contribution in [2.24, 2.45) is 0 Å². The van der Waals surface area contributed by atoms with Gasteiger partial charge in [0.25, 0.3) is 5.56 Å². The second-order valence-electron chi connectivity index (χ2n) is 6.05. The lowest BCUT2D eigenvalue weighted by Gasteiger charge is -2.35. The predicted molar refractivity (Wildman–Crippen MR) is 88.7 cm³/mol. The number of amides is 1. The number of nitrogens with one attached hydrogen (secondary N) is 2. The molecule has 7 heteroatoms. The summed E-state index contributed by atoms with van der Waals surface area (Å²) in [6.07, 6.45) is 2.93. The molecular weight excluding hydrogens is 312 g/mol. The van der Waals surface area contributed by atoms with Gasteiger partial charge < -0.3 is 10.3 Å². The van der Waals surface area contributed by atoms with E-state index in [1.807, 2.05) is 12.4 Å². The van der Waals surface area contributed by atoms with Crippen LogP contribution in [-0.2, 0) is 11.2 Å². The number of thiazole rings is 1. The van der Waals surface area contributed by atoms with E-state index in [1.54, 1.807) is 24.3 Å². The Morgan fingerprint density at radius 1 is 1.43 bits per heavy atom. The molecule has 0 unspecified atom stereocenters. The first-order chi connectivity index (χ1) is 11.0. The molecule has 3 rings (SSSR count). The minimum absolute atomic E-state index is 0.0799. The van der Waals surface area contributed by atoms with Crippen LogP contribution in [0.25, 0.3) is 0 Å². The van der Waals surface area contributed by atoms with Gasteiger partial charge in [0, 0.05) is 29.3 Å². The number of rotatable bonds is 5. The molecule has 1 saturated carbocycles. The van der Waals surface area contributed by atoms with Gasteiger partial charge in [-0.3, -0.25) is 9.59 Å². The van der Waals surface area contributed by atoms with Crippen molar-refractivity contribution in [2.45, 2.75) is 51.5 Å². The maximum Gasteiger partial charge on any atom is 0.251 e. The Balaban J connectivity index is 1.45. The molecule has 1 fully saturated rings. The highest BCUT2D eigenvalue weighted by Gasteiger charge is 2.32. The summed E-state index contributed by atoms with van der Waals surface area (Å²) in [5, 5.41) is 3.06. The van der Waals surface area contributed by atoms with Crippen LogP contribution in [0.3, 0.4) is 0 Å².